The molecule has 2 atom stereocenters. The minimum absolute atomic E-state index is 0.145. The summed E-state index contributed by atoms with van der Waals surface area (Å²) < 4.78 is 6.31. The first-order valence-corrected chi connectivity index (χ1v) is 9.55. The van der Waals surface area contributed by atoms with Crippen molar-refractivity contribution in [2.24, 2.45) is 5.73 Å². The van der Waals surface area contributed by atoms with Crippen LogP contribution in [0.3, 0.4) is 0 Å². The van der Waals surface area contributed by atoms with Crippen molar-refractivity contribution >= 4 is 40.7 Å². The Morgan fingerprint density at radius 1 is 1.12 bits per heavy atom. The maximum atomic E-state index is 11.8. The van der Waals surface area contributed by atoms with Crippen molar-refractivity contribution in [3.63, 3.8) is 0 Å². The zero-order valence-corrected chi connectivity index (χ0v) is 16.1. The highest BCUT2D eigenvalue weighted by molar-refractivity contribution is 6.35. The number of halogens is 3. The third-order valence-electron chi connectivity index (χ3n) is 5.08. The molecule has 1 aliphatic heterocycles. The largest absolute Gasteiger partial charge is 0.483 e. The van der Waals surface area contributed by atoms with Crippen LogP contribution in [0.5, 0.6) is 5.75 Å². The van der Waals surface area contributed by atoms with E-state index in [0.29, 0.717) is 20.8 Å². The first kappa shape index (κ1) is 17.9. The molecule has 2 aromatic carbocycles. The smallest absolute Gasteiger partial charge is 0.252 e. The number of hydrogen-bond acceptors (Lipinski definition) is 3. The van der Waals surface area contributed by atoms with Crippen LogP contribution in [0.1, 0.15) is 34.0 Å². The number of nitrogens with two attached hydrogens (primary N) is 1. The Balaban J connectivity index is 1.75. The Kier molecular flexibility index (Phi) is 4.78. The van der Waals surface area contributed by atoms with E-state index in [1.165, 1.54) is 12.5 Å². The van der Waals surface area contributed by atoms with Crippen molar-refractivity contribution in [3.05, 3.63) is 62.1 Å². The molecule has 4 nitrogen and oxygen atoms in total. The van der Waals surface area contributed by atoms with E-state index in [0.717, 1.165) is 30.6 Å². The third kappa shape index (κ3) is 3.16. The normalized spacial score (nSPS) is 22.0. The predicted molar refractivity (Wildman–Crippen MR) is 103 cm³/mol. The first-order valence-electron chi connectivity index (χ1n) is 8.42. The molecule has 2 N–H and O–H groups in total. The van der Waals surface area contributed by atoms with Gasteiger partial charge in [-0.3, -0.25) is 9.69 Å². The van der Waals surface area contributed by atoms with Crippen molar-refractivity contribution in [2.45, 2.75) is 25.0 Å². The zero-order valence-electron chi connectivity index (χ0n) is 13.8. The second-order valence-corrected chi connectivity index (χ2v) is 7.94. The Morgan fingerprint density at radius 2 is 1.88 bits per heavy atom. The van der Waals surface area contributed by atoms with Crippen molar-refractivity contribution < 1.29 is 9.53 Å². The minimum Gasteiger partial charge on any atom is -0.483 e. The van der Waals surface area contributed by atoms with Crippen LogP contribution in [0.4, 0.5) is 0 Å². The van der Waals surface area contributed by atoms with Crippen LogP contribution in [0.15, 0.2) is 30.3 Å². The molecule has 2 unspecified atom stereocenters. The van der Waals surface area contributed by atoms with Gasteiger partial charge in [0.05, 0.1) is 11.6 Å². The molecule has 7 heteroatoms. The molecule has 2 aliphatic rings. The SMILES string of the molecule is NC(=O)c1cc(Cl)ccc1OC1c2cc(Cl)cc(Cl)c2CC1N1CCC1. The van der Waals surface area contributed by atoms with Crippen molar-refractivity contribution in [1.82, 2.24) is 4.90 Å². The second-order valence-electron chi connectivity index (χ2n) is 6.66. The quantitative estimate of drug-likeness (QED) is 0.806. The summed E-state index contributed by atoms with van der Waals surface area (Å²) >= 11 is 18.7. The van der Waals surface area contributed by atoms with Gasteiger partial charge in [-0.2, -0.15) is 0 Å². The molecule has 0 aromatic heterocycles. The van der Waals surface area contributed by atoms with Gasteiger partial charge in [-0.1, -0.05) is 34.8 Å². The van der Waals surface area contributed by atoms with Gasteiger partial charge < -0.3 is 10.5 Å². The number of nitrogens with zero attached hydrogens (tertiary/aromatic N) is 1. The monoisotopic (exact) mass is 410 g/mol. The molecule has 0 bridgehead atoms. The number of primary amides is 1. The fourth-order valence-electron chi connectivity index (χ4n) is 3.69. The molecular formula is C19H17Cl3N2O2. The van der Waals surface area contributed by atoms with Gasteiger partial charge in [0.25, 0.3) is 5.91 Å². The Morgan fingerprint density at radius 3 is 2.54 bits per heavy atom. The lowest BCUT2D eigenvalue weighted by molar-refractivity contribution is 0.0381. The molecule has 1 amide bonds. The highest BCUT2D eigenvalue weighted by Crippen LogP contribution is 2.44. The Hall–Kier alpha value is -1.46. The summed E-state index contributed by atoms with van der Waals surface area (Å²) in [5.41, 5.74) is 7.78. The average molecular weight is 412 g/mol. The number of carbonyl (C=O) groups is 1. The van der Waals surface area contributed by atoms with Gasteiger partial charge in [-0.15, -0.1) is 0 Å². The Labute approximate surface area is 166 Å². The van der Waals surface area contributed by atoms with E-state index >= 15 is 0 Å². The minimum atomic E-state index is -0.578. The predicted octanol–water partition coefficient (Wildman–Crippen LogP) is 4.50. The summed E-state index contributed by atoms with van der Waals surface area (Å²) in [6.45, 7) is 2.04. The molecule has 0 radical (unpaired) electrons. The molecule has 1 heterocycles. The molecule has 1 aliphatic carbocycles. The Bertz CT molecular complexity index is 883. The van der Waals surface area contributed by atoms with Crippen LogP contribution in [-0.4, -0.2) is 29.9 Å². The highest BCUT2D eigenvalue weighted by atomic mass is 35.5. The lowest BCUT2D eigenvalue weighted by atomic mass is 10.0. The van der Waals surface area contributed by atoms with E-state index in [1.807, 2.05) is 6.07 Å². The lowest BCUT2D eigenvalue weighted by Crippen LogP contribution is -2.48. The highest BCUT2D eigenvalue weighted by Gasteiger charge is 2.41. The van der Waals surface area contributed by atoms with Gasteiger partial charge in [0, 0.05) is 20.6 Å². The number of benzene rings is 2. The molecule has 0 saturated carbocycles. The van der Waals surface area contributed by atoms with Crippen LogP contribution in [0, 0.1) is 0 Å². The number of fused-ring (bicyclic) bond motifs is 1. The van der Waals surface area contributed by atoms with E-state index in [-0.39, 0.29) is 17.7 Å². The number of ether oxygens (including phenoxy) is 1. The number of rotatable bonds is 4. The van der Waals surface area contributed by atoms with E-state index < -0.39 is 5.91 Å². The molecule has 26 heavy (non-hydrogen) atoms. The number of amides is 1. The van der Waals surface area contributed by atoms with E-state index in [9.17, 15) is 4.79 Å². The summed E-state index contributed by atoms with van der Waals surface area (Å²) in [5, 5.41) is 1.65. The fourth-order valence-corrected chi connectivity index (χ4v) is 4.44. The maximum absolute atomic E-state index is 11.8. The number of hydrogen-bond donors (Lipinski definition) is 1. The van der Waals surface area contributed by atoms with Gasteiger partial charge in [0.15, 0.2) is 0 Å². The maximum Gasteiger partial charge on any atom is 0.252 e. The number of likely N-dealkylation sites (tertiary alicyclic amines) is 1. The fraction of sp³-hybridized carbons (Fsp3) is 0.316. The van der Waals surface area contributed by atoms with Crippen LogP contribution in [0.25, 0.3) is 0 Å². The molecule has 0 spiro atoms. The van der Waals surface area contributed by atoms with Crippen molar-refractivity contribution in [3.8, 4) is 5.75 Å². The van der Waals surface area contributed by atoms with Gasteiger partial charge >= 0.3 is 0 Å². The summed E-state index contributed by atoms with van der Waals surface area (Å²) in [4.78, 5) is 14.2. The van der Waals surface area contributed by atoms with Crippen LogP contribution < -0.4 is 10.5 Å². The lowest BCUT2D eigenvalue weighted by Gasteiger charge is -2.39. The van der Waals surface area contributed by atoms with Crippen LogP contribution in [0.2, 0.25) is 15.1 Å². The van der Waals surface area contributed by atoms with Gasteiger partial charge in [-0.05, 0) is 61.8 Å². The molecular weight excluding hydrogens is 395 g/mol. The van der Waals surface area contributed by atoms with Crippen LogP contribution in [-0.2, 0) is 6.42 Å². The summed E-state index contributed by atoms with van der Waals surface area (Å²) in [6.07, 6.45) is 1.68. The average Bonchev–Trinajstić information content (AvgIpc) is 2.86. The summed E-state index contributed by atoms with van der Waals surface area (Å²) in [5.74, 6) is -0.160. The van der Waals surface area contributed by atoms with Gasteiger partial charge in [0.2, 0.25) is 0 Å². The summed E-state index contributed by atoms with van der Waals surface area (Å²) in [7, 11) is 0. The summed E-state index contributed by atoms with van der Waals surface area (Å²) in [6, 6.07) is 8.69. The van der Waals surface area contributed by atoms with Gasteiger partial charge in [-0.25, -0.2) is 0 Å². The molecule has 4 rings (SSSR count). The zero-order chi connectivity index (χ0) is 18.4. The number of carbonyl (C=O) groups excluding carboxylic acids is 1. The topological polar surface area (TPSA) is 55.6 Å². The third-order valence-corrected chi connectivity index (χ3v) is 5.88. The van der Waals surface area contributed by atoms with E-state index in [2.05, 4.69) is 4.90 Å². The second kappa shape index (κ2) is 6.93. The van der Waals surface area contributed by atoms with Crippen molar-refractivity contribution in [1.29, 1.82) is 0 Å². The van der Waals surface area contributed by atoms with Crippen molar-refractivity contribution in [2.75, 3.05) is 13.1 Å². The standard InChI is InChI=1S/C19H17Cl3N2O2/c20-10-2-3-17(14(6-10)19(23)25)26-18-13-7-11(21)8-15(22)12(13)9-16(18)24-4-1-5-24/h2-3,6-8,16,18H,1,4-5,9H2,(H2,23,25). The molecule has 1 fully saturated rings. The van der Waals surface area contributed by atoms with E-state index in [1.54, 1.807) is 18.2 Å². The molecule has 2 aromatic rings. The molecule has 1 saturated heterocycles. The van der Waals surface area contributed by atoms with Gasteiger partial charge in [0.1, 0.15) is 11.9 Å². The van der Waals surface area contributed by atoms with Crippen LogP contribution >= 0.6 is 34.8 Å². The first-order chi connectivity index (χ1) is 12.4. The molecule has 136 valence electrons. The van der Waals surface area contributed by atoms with E-state index in [4.69, 9.17) is 45.3 Å².